The third-order valence-electron chi connectivity index (χ3n) is 3.57. The molecule has 1 aliphatic heterocycles. The SMILES string of the molecule is COc1ccccc1/C=C1/C(=O)N(c2ccc(Br)cc2)N=C1C. The molecule has 0 N–H and O–H groups in total. The lowest BCUT2D eigenvalue weighted by atomic mass is 10.1. The average Bonchev–Trinajstić information content (AvgIpc) is 2.84. The molecule has 1 amide bonds. The molecule has 0 saturated heterocycles. The van der Waals surface area contributed by atoms with E-state index in [4.69, 9.17) is 4.74 Å². The summed E-state index contributed by atoms with van der Waals surface area (Å²) in [6.07, 6.45) is 1.82. The van der Waals surface area contributed by atoms with Gasteiger partial charge in [-0.2, -0.15) is 10.1 Å². The minimum Gasteiger partial charge on any atom is -0.496 e. The Hall–Kier alpha value is -2.40. The van der Waals surface area contributed by atoms with Crippen LogP contribution in [-0.2, 0) is 4.79 Å². The highest BCUT2D eigenvalue weighted by atomic mass is 79.9. The first-order valence-corrected chi connectivity index (χ1v) is 7.90. The van der Waals surface area contributed by atoms with Gasteiger partial charge in [-0.15, -0.1) is 0 Å². The van der Waals surface area contributed by atoms with Gasteiger partial charge in [0.15, 0.2) is 0 Å². The van der Waals surface area contributed by atoms with Crippen molar-refractivity contribution in [1.82, 2.24) is 0 Å². The Morgan fingerprint density at radius 3 is 2.52 bits per heavy atom. The van der Waals surface area contributed by atoms with Crippen LogP contribution in [-0.4, -0.2) is 18.7 Å². The first-order chi connectivity index (χ1) is 11.1. The van der Waals surface area contributed by atoms with Crippen LogP contribution in [0.4, 0.5) is 5.69 Å². The fraction of sp³-hybridized carbons (Fsp3) is 0.111. The average molecular weight is 371 g/mol. The Bertz CT molecular complexity index is 810. The number of hydrogen-bond donors (Lipinski definition) is 0. The molecule has 0 saturated carbocycles. The van der Waals surface area contributed by atoms with Crippen LogP contribution in [0.3, 0.4) is 0 Å². The number of benzene rings is 2. The second-order valence-electron chi connectivity index (χ2n) is 5.08. The van der Waals surface area contributed by atoms with E-state index >= 15 is 0 Å². The van der Waals surface area contributed by atoms with Crippen molar-refractivity contribution >= 4 is 39.3 Å². The monoisotopic (exact) mass is 370 g/mol. The Morgan fingerprint density at radius 1 is 1.13 bits per heavy atom. The molecule has 5 heteroatoms. The predicted octanol–water partition coefficient (Wildman–Crippen LogP) is 4.26. The summed E-state index contributed by atoms with van der Waals surface area (Å²) in [6.45, 7) is 1.83. The van der Waals surface area contributed by atoms with E-state index in [2.05, 4.69) is 21.0 Å². The fourth-order valence-corrected chi connectivity index (χ4v) is 2.65. The van der Waals surface area contributed by atoms with E-state index in [-0.39, 0.29) is 5.91 Å². The van der Waals surface area contributed by atoms with Gasteiger partial charge in [0, 0.05) is 10.0 Å². The molecule has 2 aromatic carbocycles. The molecular formula is C18H15BrN2O2. The number of hydrogen-bond acceptors (Lipinski definition) is 3. The summed E-state index contributed by atoms with van der Waals surface area (Å²) in [7, 11) is 1.61. The van der Waals surface area contributed by atoms with Gasteiger partial charge in [0.1, 0.15) is 5.75 Å². The number of methoxy groups -OCH3 is 1. The molecule has 0 spiro atoms. The maximum atomic E-state index is 12.7. The Morgan fingerprint density at radius 2 is 1.83 bits per heavy atom. The number of halogens is 1. The van der Waals surface area contributed by atoms with E-state index in [1.54, 1.807) is 7.11 Å². The zero-order chi connectivity index (χ0) is 16.4. The second kappa shape index (κ2) is 6.38. The van der Waals surface area contributed by atoms with Crippen molar-refractivity contribution in [3.63, 3.8) is 0 Å². The molecule has 0 aromatic heterocycles. The van der Waals surface area contributed by atoms with Gasteiger partial charge in [0.2, 0.25) is 0 Å². The van der Waals surface area contributed by atoms with Crippen molar-refractivity contribution in [2.24, 2.45) is 5.10 Å². The van der Waals surface area contributed by atoms with Gasteiger partial charge in [-0.3, -0.25) is 4.79 Å². The number of nitrogens with zero attached hydrogens (tertiary/aromatic N) is 2. The third-order valence-corrected chi connectivity index (χ3v) is 4.10. The van der Waals surface area contributed by atoms with Crippen LogP contribution in [0.5, 0.6) is 5.75 Å². The normalized spacial score (nSPS) is 16.0. The van der Waals surface area contributed by atoms with Gasteiger partial charge in [0.05, 0.1) is 24.1 Å². The van der Waals surface area contributed by atoms with Gasteiger partial charge in [-0.1, -0.05) is 34.1 Å². The number of ether oxygens (including phenoxy) is 1. The predicted molar refractivity (Wildman–Crippen MR) is 95.7 cm³/mol. The van der Waals surface area contributed by atoms with Crippen molar-refractivity contribution in [1.29, 1.82) is 0 Å². The molecule has 0 bridgehead atoms. The van der Waals surface area contributed by atoms with Crippen LogP contribution in [0.25, 0.3) is 6.08 Å². The summed E-state index contributed by atoms with van der Waals surface area (Å²) in [5, 5.41) is 5.80. The Balaban J connectivity index is 1.97. The topological polar surface area (TPSA) is 41.9 Å². The van der Waals surface area contributed by atoms with Crippen molar-refractivity contribution in [3.8, 4) is 5.75 Å². The number of carbonyl (C=O) groups excluding carboxylic acids is 1. The van der Waals surface area contributed by atoms with Crippen LogP contribution in [0, 0.1) is 0 Å². The number of amides is 1. The lowest BCUT2D eigenvalue weighted by Gasteiger charge is -2.11. The van der Waals surface area contributed by atoms with Gasteiger partial charge in [0.25, 0.3) is 5.91 Å². The molecule has 1 aliphatic rings. The zero-order valence-electron chi connectivity index (χ0n) is 12.8. The van der Waals surface area contributed by atoms with Gasteiger partial charge >= 0.3 is 0 Å². The van der Waals surface area contributed by atoms with Crippen LogP contribution in [0.1, 0.15) is 12.5 Å². The third kappa shape index (κ3) is 3.05. The van der Waals surface area contributed by atoms with Crippen LogP contribution in [0.2, 0.25) is 0 Å². The van der Waals surface area contributed by atoms with Crippen LogP contribution >= 0.6 is 15.9 Å². The number of carbonyl (C=O) groups is 1. The summed E-state index contributed by atoms with van der Waals surface area (Å²) in [4.78, 5) is 12.7. The maximum Gasteiger partial charge on any atom is 0.280 e. The van der Waals surface area contributed by atoms with E-state index in [1.165, 1.54) is 5.01 Å². The highest BCUT2D eigenvalue weighted by molar-refractivity contribution is 9.10. The number of anilines is 1. The standard InChI is InChI=1S/C18H15BrN2O2/c1-12-16(11-13-5-3-4-6-17(13)23-2)18(22)21(20-12)15-9-7-14(19)8-10-15/h3-11H,1-2H3/b16-11+. The van der Waals surface area contributed by atoms with Gasteiger partial charge in [-0.05, 0) is 43.3 Å². The van der Waals surface area contributed by atoms with Crippen LogP contribution < -0.4 is 9.75 Å². The van der Waals surface area contributed by atoms with E-state index in [0.29, 0.717) is 11.3 Å². The smallest absolute Gasteiger partial charge is 0.280 e. The van der Waals surface area contributed by atoms with E-state index in [1.807, 2.05) is 61.5 Å². The first kappa shape index (κ1) is 15.5. The quantitative estimate of drug-likeness (QED) is 0.757. The minimum absolute atomic E-state index is 0.143. The molecule has 0 unspecified atom stereocenters. The zero-order valence-corrected chi connectivity index (χ0v) is 14.4. The highest BCUT2D eigenvalue weighted by Crippen LogP contribution is 2.28. The summed E-state index contributed by atoms with van der Waals surface area (Å²) in [5.41, 5.74) is 2.84. The summed E-state index contributed by atoms with van der Waals surface area (Å²) < 4.78 is 6.29. The lowest BCUT2D eigenvalue weighted by Crippen LogP contribution is -2.21. The van der Waals surface area contributed by atoms with Crippen molar-refractivity contribution < 1.29 is 9.53 Å². The molecule has 0 atom stereocenters. The van der Waals surface area contributed by atoms with E-state index in [9.17, 15) is 4.79 Å². The Kier molecular flexibility index (Phi) is 4.30. The van der Waals surface area contributed by atoms with Crippen molar-refractivity contribution in [2.75, 3.05) is 12.1 Å². The maximum absolute atomic E-state index is 12.7. The molecule has 0 fully saturated rings. The van der Waals surface area contributed by atoms with Gasteiger partial charge in [-0.25, -0.2) is 0 Å². The lowest BCUT2D eigenvalue weighted by molar-refractivity contribution is -0.114. The molecule has 23 heavy (non-hydrogen) atoms. The molecular weight excluding hydrogens is 356 g/mol. The molecule has 116 valence electrons. The van der Waals surface area contributed by atoms with E-state index in [0.717, 1.165) is 21.5 Å². The molecule has 2 aromatic rings. The molecule has 0 radical (unpaired) electrons. The highest BCUT2D eigenvalue weighted by Gasteiger charge is 2.28. The molecule has 3 rings (SSSR count). The van der Waals surface area contributed by atoms with Gasteiger partial charge < -0.3 is 4.74 Å². The summed E-state index contributed by atoms with van der Waals surface area (Å²) >= 11 is 3.39. The molecule has 1 heterocycles. The first-order valence-electron chi connectivity index (χ1n) is 7.10. The van der Waals surface area contributed by atoms with Crippen molar-refractivity contribution in [2.45, 2.75) is 6.92 Å². The Labute approximate surface area is 143 Å². The van der Waals surface area contributed by atoms with Crippen LogP contribution in [0.15, 0.2) is 63.7 Å². The van der Waals surface area contributed by atoms with E-state index < -0.39 is 0 Å². The number of rotatable bonds is 3. The largest absolute Gasteiger partial charge is 0.496 e. The second-order valence-corrected chi connectivity index (χ2v) is 5.99. The number of para-hydroxylation sites is 1. The minimum atomic E-state index is -0.143. The summed E-state index contributed by atoms with van der Waals surface area (Å²) in [6, 6.07) is 15.1. The number of hydrazone groups is 1. The molecule has 0 aliphatic carbocycles. The van der Waals surface area contributed by atoms with Crippen molar-refractivity contribution in [3.05, 3.63) is 64.1 Å². The fourth-order valence-electron chi connectivity index (χ4n) is 2.38. The summed E-state index contributed by atoms with van der Waals surface area (Å²) in [5.74, 6) is 0.582. The molecule has 4 nitrogen and oxygen atoms in total.